The first kappa shape index (κ1) is 13.1. The van der Waals surface area contributed by atoms with Crippen molar-refractivity contribution in [1.82, 2.24) is 9.99 Å². The van der Waals surface area contributed by atoms with Crippen molar-refractivity contribution in [3.63, 3.8) is 0 Å². The van der Waals surface area contributed by atoms with Crippen LogP contribution in [0.1, 0.15) is 0 Å². The standard InChI is InChI=1S/C8H19N2O4P/c1-10(2)15(3,12)13-6-7-4-9-5-8(11)14-7/h7-9,11H,4-6H2,1-3H3/t7-,8?,15?/m0/s1. The van der Waals surface area contributed by atoms with Gasteiger partial charge in [0.25, 0.3) is 7.52 Å². The Morgan fingerprint density at radius 2 is 2.27 bits per heavy atom. The van der Waals surface area contributed by atoms with Crippen molar-refractivity contribution in [2.24, 2.45) is 0 Å². The van der Waals surface area contributed by atoms with E-state index < -0.39 is 13.8 Å². The van der Waals surface area contributed by atoms with E-state index in [1.807, 2.05) is 0 Å². The summed E-state index contributed by atoms with van der Waals surface area (Å²) >= 11 is 0. The van der Waals surface area contributed by atoms with Crippen molar-refractivity contribution in [1.29, 1.82) is 0 Å². The van der Waals surface area contributed by atoms with Gasteiger partial charge in [0.2, 0.25) is 0 Å². The van der Waals surface area contributed by atoms with E-state index >= 15 is 0 Å². The molecule has 2 unspecified atom stereocenters. The van der Waals surface area contributed by atoms with Crippen LogP contribution in [0.4, 0.5) is 0 Å². The average Bonchev–Trinajstić information content (AvgIpc) is 2.15. The molecule has 0 bridgehead atoms. The first-order chi connectivity index (χ1) is 6.92. The topological polar surface area (TPSA) is 71.0 Å². The Morgan fingerprint density at radius 3 is 2.80 bits per heavy atom. The summed E-state index contributed by atoms with van der Waals surface area (Å²) in [6.07, 6.45) is -1.05. The fraction of sp³-hybridized carbons (Fsp3) is 1.00. The second-order valence-corrected chi connectivity index (χ2v) is 6.48. The molecule has 0 aromatic carbocycles. The maximum Gasteiger partial charge on any atom is 0.268 e. The molecule has 0 aliphatic carbocycles. The van der Waals surface area contributed by atoms with Crippen molar-refractivity contribution in [3.05, 3.63) is 0 Å². The number of β-amino-alcohol motifs (C(OH)–C–C–N with tert-alkyl or cyclic N) is 1. The number of morpholine rings is 1. The number of nitrogens with zero attached hydrogens (tertiary/aromatic N) is 1. The zero-order chi connectivity index (χ0) is 11.5. The molecule has 0 aromatic heterocycles. The van der Waals surface area contributed by atoms with Crippen LogP contribution < -0.4 is 5.32 Å². The van der Waals surface area contributed by atoms with Gasteiger partial charge in [-0.05, 0) is 14.1 Å². The molecule has 1 fully saturated rings. The van der Waals surface area contributed by atoms with Crippen molar-refractivity contribution < 1.29 is 18.9 Å². The molecule has 1 saturated heterocycles. The Kier molecular flexibility index (Phi) is 4.70. The third-order valence-electron chi connectivity index (χ3n) is 2.27. The van der Waals surface area contributed by atoms with Gasteiger partial charge in [-0.15, -0.1) is 0 Å². The van der Waals surface area contributed by atoms with Gasteiger partial charge in [0, 0.05) is 19.8 Å². The van der Waals surface area contributed by atoms with Crippen LogP contribution in [-0.2, 0) is 13.8 Å². The minimum atomic E-state index is -2.71. The molecular formula is C8H19N2O4P. The van der Waals surface area contributed by atoms with Gasteiger partial charge in [-0.25, -0.2) is 4.67 Å². The highest BCUT2D eigenvalue weighted by Crippen LogP contribution is 2.44. The van der Waals surface area contributed by atoms with Crippen molar-refractivity contribution >= 4 is 7.52 Å². The van der Waals surface area contributed by atoms with Crippen molar-refractivity contribution in [2.75, 3.05) is 40.5 Å². The Hall–Kier alpha value is 0.0300. The highest BCUT2D eigenvalue weighted by atomic mass is 31.2. The van der Waals surface area contributed by atoms with Gasteiger partial charge in [0.15, 0.2) is 6.29 Å². The SMILES string of the molecule is CN(C)P(C)(=O)OC[C@@H]1CNCC(O)O1. The van der Waals surface area contributed by atoms with Crippen LogP contribution in [0.3, 0.4) is 0 Å². The first-order valence-electron chi connectivity index (χ1n) is 4.86. The molecule has 1 rings (SSSR count). The summed E-state index contributed by atoms with van der Waals surface area (Å²) in [4.78, 5) is 0. The summed E-state index contributed by atoms with van der Waals surface area (Å²) in [6, 6.07) is 0. The van der Waals surface area contributed by atoms with E-state index in [0.29, 0.717) is 13.1 Å². The second-order valence-electron chi connectivity index (χ2n) is 3.82. The van der Waals surface area contributed by atoms with Gasteiger partial charge in [-0.1, -0.05) is 0 Å². The molecule has 2 N–H and O–H groups in total. The number of hydrogen-bond acceptors (Lipinski definition) is 5. The van der Waals surface area contributed by atoms with Gasteiger partial charge >= 0.3 is 0 Å². The third kappa shape index (κ3) is 4.18. The highest BCUT2D eigenvalue weighted by Gasteiger charge is 2.25. The smallest absolute Gasteiger partial charge is 0.268 e. The van der Waals surface area contributed by atoms with Crippen LogP contribution in [-0.4, -0.2) is 62.6 Å². The van der Waals surface area contributed by atoms with E-state index in [4.69, 9.17) is 9.26 Å². The Labute approximate surface area is 90.1 Å². The average molecular weight is 238 g/mol. The summed E-state index contributed by atoms with van der Waals surface area (Å²) in [5.41, 5.74) is 0. The van der Waals surface area contributed by atoms with E-state index in [2.05, 4.69) is 5.32 Å². The summed E-state index contributed by atoms with van der Waals surface area (Å²) in [5.74, 6) is 0. The van der Waals surface area contributed by atoms with Gasteiger partial charge < -0.3 is 19.7 Å². The highest BCUT2D eigenvalue weighted by molar-refractivity contribution is 7.55. The molecule has 0 saturated carbocycles. The number of aliphatic hydroxyl groups excluding tert-OH is 1. The van der Waals surface area contributed by atoms with Crippen LogP contribution in [0.5, 0.6) is 0 Å². The van der Waals surface area contributed by atoms with Gasteiger partial charge in [0.05, 0.1) is 12.7 Å². The van der Waals surface area contributed by atoms with E-state index in [1.54, 1.807) is 25.4 Å². The first-order valence-corrected chi connectivity index (χ1v) is 6.88. The van der Waals surface area contributed by atoms with Crippen LogP contribution in [0.15, 0.2) is 0 Å². The van der Waals surface area contributed by atoms with Gasteiger partial charge in [-0.2, -0.15) is 0 Å². The molecule has 0 spiro atoms. The second kappa shape index (κ2) is 5.39. The van der Waals surface area contributed by atoms with Gasteiger partial charge in [-0.3, -0.25) is 4.57 Å². The lowest BCUT2D eigenvalue weighted by Crippen LogP contribution is -2.46. The Morgan fingerprint density at radius 1 is 1.60 bits per heavy atom. The predicted molar refractivity (Wildman–Crippen MR) is 56.9 cm³/mol. The zero-order valence-electron chi connectivity index (χ0n) is 9.34. The molecule has 0 radical (unpaired) electrons. The maximum atomic E-state index is 11.8. The quantitative estimate of drug-likeness (QED) is 0.655. The molecule has 7 heteroatoms. The lowest BCUT2D eigenvalue weighted by atomic mass is 10.3. The molecule has 6 nitrogen and oxygen atoms in total. The largest absolute Gasteiger partial charge is 0.367 e. The number of nitrogens with one attached hydrogen (secondary N) is 1. The molecule has 0 aromatic rings. The Balaban J connectivity index is 2.33. The molecule has 90 valence electrons. The minimum Gasteiger partial charge on any atom is -0.367 e. The third-order valence-corrected chi connectivity index (χ3v) is 4.35. The fourth-order valence-electron chi connectivity index (χ4n) is 1.12. The monoisotopic (exact) mass is 238 g/mol. The molecule has 1 heterocycles. The van der Waals surface area contributed by atoms with Gasteiger partial charge in [0.1, 0.15) is 0 Å². The molecule has 3 atom stereocenters. The number of hydrogen-bond donors (Lipinski definition) is 2. The van der Waals surface area contributed by atoms with E-state index in [-0.39, 0.29) is 12.7 Å². The summed E-state index contributed by atoms with van der Waals surface area (Å²) in [7, 11) is 0.701. The maximum absolute atomic E-state index is 11.8. The molecule has 15 heavy (non-hydrogen) atoms. The molecule has 1 aliphatic rings. The number of aliphatic hydroxyl groups is 1. The van der Waals surface area contributed by atoms with Crippen LogP contribution in [0, 0.1) is 0 Å². The van der Waals surface area contributed by atoms with Crippen LogP contribution >= 0.6 is 7.52 Å². The Bertz CT molecular complexity index is 249. The lowest BCUT2D eigenvalue weighted by Gasteiger charge is -2.29. The lowest BCUT2D eigenvalue weighted by molar-refractivity contribution is -0.159. The van der Waals surface area contributed by atoms with Crippen molar-refractivity contribution in [3.8, 4) is 0 Å². The fourth-order valence-corrected chi connectivity index (χ4v) is 1.80. The normalized spacial score (nSPS) is 31.5. The molecule has 1 aliphatic heterocycles. The van der Waals surface area contributed by atoms with Crippen LogP contribution in [0.25, 0.3) is 0 Å². The minimum absolute atomic E-state index is 0.218. The van der Waals surface area contributed by atoms with E-state index in [9.17, 15) is 9.67 Å². The number of ether oxygens (including phenoxy) is 1. The number of rotatable bonds is 4. The predicted octanol–water partition coefficient (Wildman–Crippen LogP) is -0.306. The zero-order valence-corrected chi connectivity index (χ0v) is 10.2. The van der Waals surface area contributed by atoms with E-state index in [0.717, 1.165) is 0 Å². The summed E-state index contributed by atoms with van der Waals surface area (Å²) < 4.78 is 23.8. The van der Waals surface area contributed by atoms with E-state index in [1.165, 1.54) is 0 Å². The van der Waals surface area contributed by atoms with Crippen LogP contribution in [0.2, 0.25) is 0 Å². The van der Waals surface area contributed by atoms with Crippen molar-refractivity contribution in [2.45, 2.75) is 12.4 Å². The summed E-state index contributed by atoms with van der Waals surface area (Å²) in [6.45, 7) is 2.80. The summed E-state index contributed by atoms with van der Waals surface area (Å²) in [5, 5.41) is 12.2. The molecular weight excluding hydrogens is 219 g/mol. The molecule has 0 amide bonds.